The number of sulfonamides is 1. The van der Waals surface area contributed by atoms with Crippen molar-refractivity contribution in [1.29, 1.82) is 0 Å². The molecule has 174 valence electrons. The summed E-state index contributed by atoms with van der Waals surface area (Å²) >= 11 is 1.35. The summed E-state index contributed by atoms with van der Waals surface area (Å²) in [5.74, 6) is -0.666. The van der Waals surface area contributed by atoms with E-state index >= 15 is 0 Å². The van der Waals surface area contributed by atoms with Crippen molar-refractivity contribution in [3.63, 3.8) is 0 Å². The molecule has 0 spiro atoms. The van der Waals surface area contributed by atoms with Crippen molar-refractivity contribution >= 4 is 38.3 Å². The Bertz CT molecular complexity index is 1080. The number of amides is 2. The largest absolute Gasteiger partial charge is 0.340 e. The number of carbonyl (C=O) groups excluding carboxylic acids is 2. The number of rotatable bonds is 10. The molecule has 11 heteroatoms. The lowest BCUT2D eigenvalue weighted by atomic mass is 10.0. The molecule has 0 radical (unpaired) electrons. The molecule has 2 aromatic rings. The Morgan fingerprint density at radius 1 is 1.19 bits per heavy atom. The summed E-state index contributed by atoms with van der Waals surface area (Å²) in [6.07, 6.45) is 2.19. The fraction of sp³-hybridized carbons (Fsp3) is 0.524. The molecule has 3 rings (SSSR count). The lowest BCUT2D eigenvalue weighted by Crippen LogP contribution is -2.47. The van der Waals surface area contributed by atoms with Crippen LogP contribution in [0.4, 0.5) is 5.13 Å². The van der Waals surface area contributed by atoms with E-state index in [2.05, 4.69) is 20.8 Å². The van der Waals surface area contributed by atoms with Gasteiger partial charge < -0.3 is 5.32 Å². The molecule has 1 saturated carbocycles. The Morgan fingerprint density at radius 2 is 1.88 bits per heavy atom. The molecule has 1 aromatic heterocycles. The van der Waals surface area contributed by atoms with Gasteiger partial charge in [-0.15, -0.1) is 10.2 Å². The molecule has 9 nitrogen and oxygen atoms in total. The first-order valence-electron chi connectivity index (χ1n) is 10.7. The molecule has 32 heavy (non-hydrogen) atoms. The Kier molecular flexibility index (Phi) is 7.63. The Morgan fingerprint density at radius 3 is 2.47 bits per heavy atom. The number of aromatic nitrogens is 2. The molecule has 0 bridgehead atoms. The van der Waals surface area contributed by atoms with Gasteiger partial charge in [0.25, 0.3) is 5.91 Å². The normalized spacial score (nSPS) is 15.1. The van der Waals surface area contributed by atoms with E-state index in [0.717, 1.165) is 17.8 Å². The Balaban J connectivity index is 1.73. The third kappa shape index (κ3) is 5.51. The van der Waals surface area contributed by atoms with Crippen LogP contribution in [0.2, 0.25) is 0 Å². The molecule has 2 N–H and O–H groups in total. The molecule has 0 aliphatic heterocycles. The fourth-order valence-corrected chi connectivity index (χ4v) is 5.65. The minimum atomic E-state index is -3.70. The van der Waals surface area contributed by atoms with E-state index in [1.807, 2.05) is 13.8 Å². The molecular weight excluding hydrogens is 450 g/mol. The van der Waals surface area contributed by atoms with Crippen LogP contribution in [0.5, 0.6) is 0 Å². The van der Waals surface area contributed by atoms with E-state index in [9.17, 15) is 18.0 Å². The fourth-order valence-electron chi connectivity index (χ4n) is 3.23. The van der Waals surface area contributed by atoms with Gasteiger partial charge in [0, 0.05) is 24.6 Å². The van der Waals surface area contributed by atoms with Gasteiger partial charge in [-0.05, 0) is 37.0 Å². The van der Waals surface area contributed by atoms with Gasteiger partial charge in [0.1, 0.15) is 11.0 Å². The van der Waals surface area contributed by atoms with Crippen LogP contribution in [-0.4, -0.2) is 53.9 Å². The monoisotopic (exact) mass is 479 g/mol. The average Bonchev–Trinajstić information content (AvgIpc) is 3.51. The van der Waals surface area contributed by atoms with Crippen molar-refractivity contribution in [3.05, 3.63) is 34.8 Å². The molecular formula is C21H29N5O4S2. The SMILES string of the molecule is CCN(CC)S(=O)(=O)c1cccc(C(=O)N[C@@H](C(=O)Nc2nnc(C3CC3)s2)C(C)C)c1. The summed E-state index contributed by atoms with van der Waals surface area (Å²) < 4.78 is 26.9. The highest BCUT2D eigenvalue weighted by molar-refractivity contribution is 7.89. The lowest BCUT2D eigenvalue weighted by molar-refractivity contribution is -0.118. The van der Waals surface area contributed by atoms with Crippen LogP contribution in [0.25, 0.3) is 0 Å². The molecule has 2 amide bonds. The van der Waals surface area contributed by atoms with Crippen molar-refractivity contribution in [2.24, 2.45) is 5.92 Å². The third-order valence-electron chi connectivity index (χ3n) is 5.27. The van der Waals surface area contributed by atoms with Gasteiger partial charge in [-0.25, -0.2) is 8.42 Å². The van der Waals surface area contributed by atoms with E-state index in [4.69, 9.17) is 0 Å². The average molecular weight is 480 g/mol. The zero-order valence-electron chi connectivity index (χ0n) is 18.7. The predicted molar refractivity (Wildman–Crippen MR) is 123 cm³/mol. The molecule has 1 heterocycles. The summed E-state index contributed by atoms with van der Waals surface area (Å²) in [5.41, 5.74) is 0.170. The molecule has 0 saturated heterocycles. The number of nitrogens with one attached hydrogen (secondary N) is 2. The highest BCUT2D eigenvalue weighted by Gasteiger charge is 2.30. The Labute approximate surface area is 192 Å². The number of benzene rings is 1. The number of hydrogen-bond acceptors (Lipinski definition) is 7. The summed E-state index contributed by atoms with van der Waals surface area (Å²) in [6.45, 7) is 7.82. The van der Waals surface area contributed by atoms with Crippen molar-refractivity contribution < 1.29 is 18.0 Å². The summed E-state index contributed by atoms with van der Waals surface area (Å²) in [6, 6.07) is 5.03. The van der Waals surface area contributed by atoms with Crippen molar-refractivity contribution in [1.82, 2.24) is 19.8 Å². The summed E-state index contributed by atoms with van der Waals surface area (Å²) in [4.78, 5) is 25.7. The zero-order valence-corrected chi connectivity index (χ0v) is 20.3. The van der Waals surface area contributed by atoms with Crippen molar-refractivity contribution in [2.45, 2.75) is 57.4 Å². The van der Waals surface area contributed by atoms with Crippen molar-refractivity contribution in [2.75, 3.05) is 18.4 Å². The minimum Gasteiger partial charge on any atom is -0.340 e. The second kappa shape index (κ2) is 10.1. The van der Waals surface area contributed by atoms with Gasteiger partial charge in [-0.3, -0.25) is 14.9 Å². The quantitative estimate of drug-likeness (QED) is 0.540. The second-order valence-electron chi connectivity index (χ2n) is 8.02. The van der Waals surface area contributed by atoms with Gasteiger partial charge >= 0.3 is 0 Å². The predicted octanol–water partition coefficient (Wildman–Crippen LogP) is 2.84. The van der Waals surface area contributed by atoms with Crippen LogP contribution >= 0.6 is 11.3 Å². The highest BCUT2D eigenvalue weighted by atomic mass is 32.2. The number of nitrogens with zero attached hydrogens (tertiary/aromatic N) is 3. The second-order valence-corrected chi connectivity index (χ2v) is 11.0. The molecule has 1 fully saturated rings. The number of anilines is 1. The van der Waals surface area contributed by atoms with E-state index in [0.29, 0.717) is 24.1 Å². The standard InChI is InChI=1S/C21H29N5O4S2/c1-5-26(6-2)32(29,30)16-9-7-8-15(12-16)18(27)22-17(13(3)4)19(28)23-21-25-24-20(31-21)14-10-11-14/h7-9,12-14,17H,5-6,10-11H2,1-4H3,(H,22,27)(H,23,25,28)/t17-/m1/s1. The van der Waals surface area contributed by atoms with Crippen LogP contribution in [0.1, 0.15) is 61.8 Å². The minimum absolute atomic E-state index is 0.0425. The maximum absolute atomic E-state index is 12.9. The van der Waals surface area contributed by atoms with Crippen LogP contribution < -0.4 is 10.6 Å². The van der Waals surface area contributed by atoms with Gasteiger partial charge in [-0.2, -0.15) is 4.31 Å². The van der Waals surface area contributed by atoms with E-state index in [-0.39, 0.29) is 16.4 Å². The highest BCUT2D eigenvalue weighted by Crippen LogP contribution is 2.42. The Hall–Kier alpha value is -2.37. The van der Waals surface area contributed by atoms with Crippen LogP contribution in [0.3, 0.4) is 0 Å². The third-order valence-corrected chi connectivity index (χ3v) is 8.32. The first-order valence-corrected chi connectivity index (χ1v) is 13.0. The van der Waals surface area contributed by atoms with Gasteiger partial charge in [0.05, 0.1) is 4.90 Å². The number of carbonyl (C=O) groups is 2. The van der Waals surface area contributed by atoms with Gasteiger partial charge in [0.15, 0.2) is 0 Å². The molecule has 1 aromatic carbocycles. The molecule has 0 unspecified atom stereocenters. The maximum atomic E-state index is 12.9. The first-order chi connectivity index (χ1) is 15.2. The van der Waals surface area contributed by atoms with Crippen LogP contribution in [0, 0.1) is 5.92 Å². The number of hydrogen-bond donors (Lipinski definition) is 2. The smallest absolute Gasteiger partial charge is 0.251 e. The van der Waals surface area contributed by atoms with Gasteiger partial charge in [0.2, 0.25) is 21.1 Å². The lowest BCUT2D eigenvalue weighted by Gasteiger charge is -2.21. The van der Waals surface area contributed by atoms with Crippen LogP contribution in [-0.2, 0) is 14.8 Å². The molecule has 1 aliphatic carbocycles. The maximum Gasteiger partial charge on any atom is 0.251 e. The van der Waals surface area contributed by atoms with E-state index < -0.39 is 27.9 Å². The van der Waals surface area contributed by atoms with E-state index in [1.54, 1.807) is 13.8 Å². The molecule has 1 atom stereocenters. The zero-order chi connectivity index (χ0) is 23.5. The molecule has 1 aliphatic rings. The first kappa shape index (κ1) is 24.3. The van der Waals surface area contributed by atoms with Crippen molar-refractivity contribution in [3.8, 4) is 0 Å². The topological polar surface area (TPSA) is 121 Å². The summed E-state index contributed by atoms with van der Waals surface area (Å²) in [7, 11) is -3.70. The van der Waals surface area contributed by atoms with Gasteiger partial charge in [-0.1, -0.05) is 45.1 Å². The van der Waals surface area contributed by atoms with Crippen LogP contribution in [0.15, 0.2) is 29.2 Å². The van der Waals surface area contributed by atoms with E-state index in [1.165, 1.54) is 39.9 Å². The summed E-state index contributed by atoms with van der Waals surface area (Å²) in [5, 5.41) is 14.9.